The van der Waals surface area contributed by atoms with Gasteiger partial charge in [0.1, 0.15) is 0 Å². The minimum absolute atomic E-state index is 0.0799. The van der Waals surface area contributed by atoms with Crippen LogP contribution < -0.4 is 15.5 Å². The average Bonchev–Trinajstić information content (AvgIpc) is 2.65. The third-order valence-electron chi connectivity index (χ3n) is 4.86. The van der Waals surface area contributed by atoms with Crippen molar-refractivity contribution in [2.75, 3.05) is 22.9 Å². The number of carbonyl (C=O) groups is 1. The van der Waals surface area contributed by atoms with Gasteiger partial charge in [0, 0.05) is 19.0 Å². The van der Waals surface area contributed by atoms with Gasteiger partial charge in [-0.15, -0.1) is 0 Å². The first-order valence-electron chi connectivity index (χ1n) is 8.97. The minimum atomic E-state index is 0.0799. The number of fused-ring (bicyclic) bond motifs is 1. The molecule has 0 aromatic heterocycles. The van der Waals surface area contributed by atoms with Crippen LogP contribution in [0, 0.1) is 11.8 Å². The number of anilines is 2. The lowest BCUT2D eigenvalue weighted by Gasteiger charge is -2.44. The van der Waals surface area contributed by atoms with Crippen molar-refractivity contribution in [2.45, 2.75) is 32.9 Å². The number of nitrogens with zero attached hydrogens (tertiary/aromatic N) is 2. The van der Waals surface area contributed by atoms with E-state index in [0.29, 0.717) is 6.54 Å². The molecule has 0 saturated heterocycles. The van der Waals surface area contributed by atoms with E-state index in [0.717, 1.165) is 23.5 Å². The average molecular weight is 347 g/mol. The normalized spacial score (nSPS) is 17.2. The summed E-state index contributed by atoms with van der Waals surface area (Å²) in [6.07, 6.45) is 0. The van der Waals surface area contributed by atoms with Gasteiger partial charge >= 0.3 is 0 Å². The molecule has 0 radical (unpaired) electrons. The van der Waals surface area contributed by atoms with Crippen molar-refractivity contribution < 1.29 is 4.79 Å². The van der Waals surface area contributed by atoms with Crippen molar-refractivity contribution in [2.24, 2.45) is 5.73 Å². The summed E-state index contributed by atoms with van der Waals surface area (Å²) in [5, 5.41) is 0. The number of carbonyl (C=O) groups excluding carboxylic acids is 1. The molecule has 1 heterocycles. The number of rotatable bonds is 2. The van der Waals surface area contributed by atoms with Crippen molar-refractivity contribution in [1.82, 2.24) is 0 Å². The molecule has 2 atom stereocenters. The molecular weight excluding hydrogens is 322 g/mol. The molecule has 0 spiro atoms. The van der Waals surface area contributed by atoms with E-state index in [1.807, 2.05) is 35.2 Å². The second-order valence-electron chi connectivity index (χ2n) is 6.69. The number of hydrogen-bond donors (Lipinski definition) is 1. The van der Waals surface area contributed by atoms with Crippen molar-refractivity contribution in [3.05, 3.63) is 59.7 Å². The lowest BCUT2D eigenvalue weighted by atomic mass is 10.00. The Bertz CT molecular complexity index is 865. The van der Waals surface area contributed by atoms with Crippen LogP contribution in [0.15, 0.2) is 48.5 Å². The van der Waals surface area contributed by atoms with Crippen LogP contribution in [0.5, 0.6) is 0 Å². The summed E-state index contributed by atoms with van der Waals surface area (Å²) in [4.78, 5) is 16.4. The fourth-order valence-corrected chi connectivity index (χ4v) is 3.67. The smallest absolute Gasteiger partial charge is 0.224 e. The maximum absolute atomic E-state index is 12.1. The zero-order valence-electron chi connectivity index (χ0n) is 15.6. The van der Waals surface area contributed by atoms with E-state index in [1.54, 1.807) is 6.92 Å². The first-order valence-corrected chi connectivity index (χ1v) is 8.97. The molecule has 4 nitrogen and oxygen atoms in total. The molecule has 2 aromatic carbocycles. The van der Waals surface area contributed by atoms with Crippen molar-refractivity contribution in [3.63, 3.8) is 0 Å². The highest BCUT2D eigenvalue weighted by Crippen LogP contribution is 2.39. The summed E-state index contributed by atoms with van der Waals surface area (Å²) in [5.74, 6) is 6.10. The highest BCUT2D eigenvalue weighted by Gasteiger charge is 2.32. The highest BCUT2D eigenvalue weighted by molar-refractivity contribution is 5.97. The molecule has 0 aliphatic carbocycles. The molecule has 1 unspecified atom stereocenters. The lowest BCUT2D eigenvalue weighted by molar-refractivity contribution is -0.117. The minimum Gasteiger partial charge on any atom is -0.361 e. The Kier molecular flexibility index (Phi) is 5.29. The Morgan fingerprint density at radius 3 is 2.65 bits per heavy atom. The maximum Gasteiger partial charge on any atom is 0.224 e. The zero-order chi connectivity index (χ0) is 18.7. The van der Waals surface area contributed by atoms with Crippen LogP contribution in [-0.4, -0.2) is 25.0 Å². The number of hydrogen-bond acceptors (Lipinski definition) is 3. The largest absolute Gasteiger partial charge is 0.361 e. The predicted octanol–water partition coefficient (Wildman–Crippen LogP) is 3.32. The molecule has 26 heavy (non-hydrogen) atoms. The number of para-hydroxylation sites is 2. The number of amides is 1. The second kappa shape index (κ2) is 7.63. The van der Waals surface area contributed by atoms with Gasteiger partial charge in [-0.2, -0.15) is 0 Å². The van der Waals surface area contributed by atoms with E-state index in [9.17, 15) is 4.79 Å². The summed E-state index contributed by atoms with van der Waals surface area (Å²) in [6.45, 7) is 7.07. The van der Waals surface area contributed by atoms with Gasteiger partial charge in [-0.25, -0.2) is 0 Å². The molecule has 4 heteroatoms. The quantitative estimate of drug-likeness (QED) is 0.848. The van der Waals surface area contributed by atoms with Crippen LogP contribution in [0.4, 0.5) is 11.4 Å². The van der Waals surface area contributed by atoms with Crippen LogP contribution in [0.3, 0.4) is 0 Å². The third kappa shape index (κ3) is 3.44. The molecule has 1 amide bonds. The van der Waals surface area contributed by atoms with Gasteiger partial charge in [0.2, 0.25) is 5.91 Å². The van der Waals surface area contributed by atoms with Crippen LogP contribution in [0.25, 0.3) is 0 Å². The first kappa shape index (κ1) is 18.0. The van der Waals surface area contributed by atoms with Gasteiger partial charge in [0.15, 0.2) is 0 Å². The highest BCUT2D eigenvalue weighted by atomic mass is 16.2. The Balaban J connectivity index is 1.98. The second-order valence-corrected chi connectivity index (χ2v) is 6.69. The van der Waals surface area contributed by atoms with Crippen LogP contribution in [-0.2, 0) is 4.79 Å². The standard InChI is InChI=1S/C22H25N3O/c1-16-15-24(21-11-4-5-12-22(21)25(16)18(3)26)17(2)20-10-6-8-19(14-20)9-7-13-23/h4-6,8,10-12,14,16-17H,13,15,23H2,1-3H3/t16-,17?/m0/s1. The summed E-state index contributed by atoms with van der Waals surface area (Å²) in [7, 11) is 0. The van der Waals surface area contributed by atoms with Crippen molar-refractivity contribution >= 4 is 17.3 Å². The van der Waals surface area contributed by atoms with Gasteiger partial charge in [0.05, 0.1) is 30.0 Å². The summed E-state index contributed by atoms with van der Waals surface area (Å²) in [6, 6.07) is 16.7. The van der Waals surface area contributed by atoms with E-state index >= 15 is 0 Å². The topological polar surface area (TPSA) is 49.6 Å². The molecule has 2 N–H and O–H groups in total. The zero-order valence-corrected chi connectivity index (χ0v) is 15.6. The van der Waals surface area contributed by atoms with Crippen molar-refractivity contribution in [1.29, 1.82) is 0 Å². The summed E-state index contributed by atoms with van der Waals surface area (Å²) in [5.41, 5.74) is 9.73. The Morgan fingerprint density at radius 2 is 1.96 bits per heavy atom. The lowest BCUT2D eigenvalue weighted by Crippen LogP contribution is -2.50. The molecular formula is C22H25N3O. The van der Waals surface area contributed by atoms with Crippen LogP contribution in [0.1, 0.15) is 37.9 Å². The first-order chi connectivity index (χ1) is 12.5. The van der Waals surface area contributed by atoms with E-state index in [-0.39, 0.29) is 18.0 Å². The van der Waals surface area contributed by atoms with Gasteiger partial charge in [0.25, 0.3) is 0 Å². The van der Waals surface area contributed by atoms with E-state index in [1.165, 1.54) is 5.56 Å². The van der Waals surface area contributed by atoms with Crippen LogP contribution >= 0.6 is 0 Å². The molecule has 0 saturated carbocycles. The monoisotopic (exact) mass is 347 g/mol. The Labute approximate surface area is 155 Å². The third-order valence-corrected chi connectivity index (χ3v) is 4.86. The molecule has 1 aliphatic rings. The molecule has 0 bridgehead atoms. The Morgan fingerprint density at radius 1 is 1.23 bits per heavy atom. The molecule has 0 fully saturated rings. The number of benzene rings is 2. The van der Waals surface area contributed by atoms with Gasteiger partial charge in [-0.05, 0) is 43.7 Å². The molecule has 134 valence electrons. The van der Waals surface area contributed by atoms with E-state index in [2.05, 4.69) is 48.8 Å². The van der Waals surface area contributed by atoms with E-state index in [4.69, 9.17) is 5.73 Å². The molecule has 3 rings (SSSR count). The van der Waals surface area contributed by atoms with Gasteiger partial charge in [-0.3, -0.25) is 4.79 Å². The Hall–Kier alpha value is -2.77. The molecule has 1 aliphatic heterocycles. The fraction of sp³-hybridized carbons (Fsp3) is 0.318. The van der Waals surface area contributed by atoms with E-state index < -0.39 is 0 Å². The molecule has 2 aromatic rings. The maximum atomic E-state index is 12.1. The summed E-state index contributed by atoms with van der Waals surface area (Å²) >= 11 is 0. The number of nitrogens with two attached hydrogens (primary N) is 1. The van der Waals surface area contributed by atoms with Gasteiger partial charge < -0.3 is 15.5 Å². The van der Waals surface area contributed by atoms with Crippen molar-refractivity contribution in [3.8, 4) is 11.8 Å². The fourth-order valence-electron chi connectivity index (χ4n) is 3.67. The summed E-state index contributed by atoms with van der Waals surface area (Å²) < 4.78 is 0. The predicted molar refractivity (Wildman–Crippen MR) is 107 cm³/mol. The van der Waals surface area contributed by atoms with Gasteiger partial charge in [-0.1, -0.05) is 36.1 Å². The van der Waals surface area contributed by atoms with Crippen LogP contribution in [0.2, 0.25) is 0 Å². The SMILES string of the molecule is CC(=O)N1c2ccccc2N(C(C)c2cccc(C#CCN)c2)C[C@@H]1C.